The van der Waals surface area contributed by atoms with E-state index < -0.39 is 0 Å². The van der Waals surface area contributed by atoms with Crippen molar-refractivity contribution in [3.05, 3.63) is 60.2 Å². The molecule has 3 aromatic rings. The summed E-state index contributed by atoms with van der Waals surface area (Å²) in [6, 6.07) is 13.2. The predicted octanol–water partition coefficient (Wildman–Crippen LogP) is 4.33. The second-order valence-corrected chi connectivity index (χ2v) is 4.75. The third kappa shape index (κ3) is 3.09. The van der Waals surface area contributed by atoms with Gasteiger partial charge in [-0.2, -0.15) is 0 Å². The Morgan fingerprint density at radius 2 is 1.91 bits per heavy atom. The van der Waals surface area contributed by atoms with E-state index in [1.807, 2.05) is 56.3 Å². The van der Waals surface area contributed by atoms with Gasteiger partial charge in [0.05, 0.1) is 0 Å². The Hall–Kier alpha value is -2.82. The maximum absolute atomic E-state index is 5.68. The van der Waals surface area contributed by atoms with Gasteiger partial charge in [-0.25, -0.2) is 0 Å². The minimum Gasteiger partial charge on any atom is -0.486 e. The summed E-state index contributed by atoms with van der Waals surface area (Å²) in [5, 5.41) is 7.98. The fraction of sp³-hybridized carbons (Fsp3) is 0.176. The first-order valence-electron chi connectivity index (χ1n) is 7.00. The third-order valence-corrected chi connectivity index (χ3v) is 3.19. The lowest BCUT2D eigenvalue weighted by atomic mass is 10.3. The number of allylic oxidation sites excluding steroid dienone is 2. The number of aromatic nitrogens is 2. The quantitative estimate of drug-likeness (QED) is 0.701. The van der Waals surface area contributed by atoms with Gasteiger partial charge in [0, 0.05) is 5.57 Å². The van der Waals surface area contributed by atoms with Crippen LogP contribution in [0.2, 0.25) is 0 Å². The first kappa shape index (κ1) is 14.1. The van der Waals surface area contributed by atoms with Crippen LogP contribution in [0.3, 0.4) is 0 Å². The zero-order valence-corrected chi connectivity index (χ0v) is 12.4. The number of furan rings is 1. The van der Waals surface area contributed by atoms with Crippen LogP contribution in [0.4, 0.5) is 0 Å². The summed E-state index contributed by atoms with van der Waals surface area (Å²) in [7, 11) is 0. The lowest BCUT2D eigenvalue weighted by molar-refractivity contribution is 0.271. The van der Waals surface area contributed by atoms with Crippen molar-refractivity contribution in [2.75, 3.05) is 0 Å². The smallest absolute Gasteiger partial charge is 0.283 e. The Kier molecular flexibility index (Phi) is 4.05. The number of rotatable bonds is 5. The normalized spacial score (nSPS) is 11.6. The SMILES string of the molecule is CC=C(C)c1nnc(-c2ccc(COc3ccccc3)o2)o1. The van der Waals surface area contributed by atoms with Gasteiger partial charge in [-0.3, -0.25) is 0 Å². The molecule has 5 heteroatoms. The van der Waals surface area contributed by atoms with E-state index in [1.54, 1.807) is 6.07 Å². The molecule has 2 heterocycles. The van der Waals surface area contributed by atoms with Gasteiger partial charge in [0.1, 0.15) is 18.1 Å². The maximum atomic E-state index is 5.68. The Labute approximate surface area is 128 Å². The molecule has 0 saturated carbocycles. The van der Waals surface area contributed by atoms with Crippen molar-refractivity contribution < 1.29 is 13.6 Å². The molecule has 0 radical (unpaired) electrons. The van der Waals surface area contributed by atoms with Crippen molar-refractivity contribution in [2.24, 2.45) is 0 Å². The molecule has 0 fully saturated rings. The summed E-state index contributed by atoms with van der Waals surface area (Å²) in [5.41, 5.74) is 0.929. The number of hydrogen-bond acceptors (Lipinski definition) is 5. The van der Waals surface area contributed by atoms with Crippen LogP contribution in [0, 0.1) is 0 Å². The highest BCUT2D eigenvalue weighted by molar-refractivity contribution is 5.56. The van der Waals surface area contributed by atoms with Gasteiger partial charge < -0.3 is 13.6 Å². The van der Waals surface area contributed by atoms with Crippen LogP contribution in [-0.2, 0) is 6.61 Å². The van der Waals surface area contributed by atoms with Gasteiger partial charge in [-0.05, 0) is 38.1 Å². The third-order valence-electron chi connectivity index (χ3n) is 3.19. The first-order chi connectivity index (χ1) is 10.8. The molecule has 112 valence electrons. The number of hydrogen-bond donors (Lipinski definition) is 0. The maximum Gasteiger partial charge on any atom is 0.283 e. The minimum atomic E-state index is 0.346. The summed E-state index contributed by atoms with van der Waals surface area (Å²) in [6.45, 7) is 4.18. The van der Waals surface area contributed by atoms with Crippen LogP contribution < -0.4 is 4.74 Å². The summed E-state index contributed by atoms with van der Waals surface area (Å²) in [5.74, 6) is 2.89. The minimum absolute atomic E-state index is 0.346. The topological polar surface area (TPSA) is 61.3 Å². The van der Waals surface area contributed by atoms with E-state index in [0.29, 0.717) is 29.9 Å². The second-order valence-electron chi connectivity index (χ2n) is 4.75. The fourth-order valence-electron chi connectivity index (χ4n) is 1.85. The van der Waals surface area contributed by atoms with Crippen LogP contribution in [0.25, 0.3) is 17.2 Å². The van der Waals surface area contributed by atoms with Crippen LogP contribution in [0.5, 0.6) is 5.75 Å². The average Bonchev–Trinajstić information content (AvgIpc) is 3.22. The molecule has 2 aromatic heterocycles. The van der Waals surface area contributed by atoms with Crippen molar-refractivity contribution in [3.63, 3.8) is 0 Å². The van der Waals surface area contributed by atoms with Gasteiger partial charge >= 0.3 is 0 Å². The second kappa shape index (κ2) is 6.30. The molecule has 0 unspecified atom stereocenters. The zero-order valence-electron chi connectivity index (χ0n) is 12.4. The highest BCUT2D eigenvalue weighted by Crippen LogP contribution is 2.24. The first-order valence-corrected chi connectivity index (χ1v) is 7.00. The van der Waals surface area contributed by atoms with Crippen molar-refractivity contribution in [3.8, 4) is 17.4 Å². The number of benzene rings is 1. The van der Waals surface area contributed by atoms with E-state index in [9.17, 15) is 0 Å². The molecule has 0 aliphatic carbocycles. The van der Waals surface area contributed by atoms with E-state index in [4.69, 9.17) is 13.6 Å². The van der Waals surface area contributed by atoms with E-state index in [2.05, 4.69) is 10.2 Å². The Balaban J connectivity index is 1.70. The summed E-state index contributed by atoms with van der Waals surface area (Å²) in [4.78, 5) is 0. The fourth-order valence-corrected chi connectivity index (χ4v) is 1.85. The molecule has 3 rings (SSSR count). The van der Waals surface area contributed by atoms with Gasteiger partial charge in [-0.1, -0.05) is 24.3 Å². The largest absolute Gasteiger partial charge is 0.486 e. The van der Waals surface area contributed by atoms with E-state index in [0.717, 1.165) is 11.3 Å². The number of ether oxygens (including phenoxy) is 1. The molecule has 22 heavy (non-hydrogen) atoms. The van der Waals surface area contributed by atoms with Gasteiger partial charge in [-0.15, -0.1) is 10.2 Å². The Morgan fingerprint density at radius 1 is 1.09 bits per heavy atom. The number of nitrogens with zero attached hydrogens (tertiary/aromatic N) is 2. The molecule has 0 aliphatic rings. The van der Waals surface area contributed by atoms with Gasteiger partial charge in [0.25, 0.3) is 5.89 Å². The molecule has 0 saturated heterocycles. The molecule has 1 aromatic carbocycles. The zero-order chi connectivity index (χ0) is 15.4. The average molecular weight is 296 g/mol. The molecular weight excluding hydrogens is 280 g/mol. The van der Waals surface area contributed by atoms with Crippen molar-refractivity contribution in [2.45, 2.75) is 20.5 Å². The van der Waals surface area contributed by atoms with E-state index in [-0.39, 0.29) is 0 Å². The lowest BCUT2D eigenvalue weighted by Gasteiger charge is -2.02. The van der Waals surface area contributed by atoms with Crippen LogP contribution >= 0.6 is 0 Å². The summed E-state index contributed by atoms with van der Waals surface area (Å²) >= 11 is 0. The highest BCUT2D eigenvalue weighted by atomic mass is 16.5. The molecule has 0 aliphatic heterocycles. The lowest BCUT2D eigenvalue weighted by Crippen LogP contribution is -1.92. The monoisotopic (exact) mass is 296 g/mol. The summed E-state index contributed by atoms with van der Waals surface area (Å²) < 4.78 is 16.9. The van der Waals surface area contributed by atoms with Gasteiger partial charge in [0.2, 0.25) is 5.89 Å². The molecule has 0 amide bonds. The van der Waals surface area contributed by atoms with Crippen LogP contribution in [0.15, 0.2) is 57.4 Å². The van der Waals surface area contributed by atoms with Crippen LogP contribution in [0.1, 0.15) is 25.5 Å². The molecule has 5 nitrogen and oxygen atoms in total. The van der Waals surface area contributed by atoms with E-state index >= 15 is 0 Å². The predicted molar refractivity (Wildman–Crippen MR) is 82.1 cm³/mol. The standard InChI is InChI=1S/C17H16N2O3/c1-3-12(2)16-18-19-17(22-16)15-10-9-14(21-15)11-20-13-7-5-4-6-8-13/h3-10H,11H2,1-2H3. The van der Waals surface area contributed by atoms with Crippen molar-refractivity contribution >= 4 is 5.57 Å². The van der Waals surface area contributed by atoms with E-state index in [1.165, 1.54) is 0 Å². The highest BCUT2D eigenvalue weighted by Gasteiger charge is 2.13. The van der Waals surface area contributed by atoms with Crippen LogP contribution in [-0.4, -0.2) is 10.2 Å². The molecular formula is C17H16N2O3. The Morgan fingerprint density at radius 3 is 2.68 bits per heavy atom. The summed E-state index contributed by atoms with van der Waals surface area (Å²) in [6.07, 6.45) is 1.92. The molecule has 0 atom stereocenters. The molecule has 0 N–H and O–H groups in total. The van der Waals surface area contributed by atoms with Crippen molar-refractivity contribution in [1.29, 1.82) is 0 Å². The number of para-hydroxylation sites is 1. The molecule has 0 bridgehead atoms. The van der Waals surface area contributed by atoms with Gasteiger partial charge in [0.15, 0.2) is 5.76 Å². The van der Waals surface area contributed by atoms with Crippen molar-refractivity contribution in [1.82, 2.24) is 10.2 Å². The Bertz CT molecular complexity index is 772. The molecule has 0 spiro atoms.